The molecule has 0 unspecified atom stereocenters. The topological polar surface area (TPSA) is 68.0 Å². The van der Waals surface area contributed by atoms with Gasteiger partial charge in [-0.05, 0) is 45.2 Å². The number of aliphatic imine (C=N–C) groups is 1. The first-order valence-electron chi connectivity index (χ1n) is 9.06. The highest BCUT2D eigenvalue weighted by Crippen LogP contribution is 1.99. The number of ether oxygens (including phenoxy) is 2. The highest BCUT2D eigenvalue weighted by Gasteiger charge is 2.00. The molecule has 1 heterocycles. The van der Waals surface area contributed by atoms with Crippen molar-refractivity contribution in [2.24, 2.45) is 4.99 Å². The molecule has 0 atom stereocenters. The Hall–Kier alpha value is -0.800. The van der Waals surface area contributed by atoms with Crippen molar-refractivity contribution in [3.63, 3.8) is 0 Å². The van der Waals surface area contributed by atoms with Crippen molar-refractivity contribution in [3.8, 4) is 0 Å². The fourth-order valence-corrected chi connectivity index (χ4v) is 2.12. The number of hydrogen-bond acceptors (Lipinski definition) is 4. The van der Waals surface area contributed by atoms with Crippen LogP contribution in [0.4, 0.5) is 0 Å². The van der Waals surface area contributed by atoms with E-state index in [1.165, 1.54) is 0 Å². The average molecular weight is 467 g/mol. The van der Waals surface area contributed by atoms with Crippen LogP contribution in [0.5, 0.6) is 0 Å². The lowest BCUT2D eigenvalue weighted by Crippen LogP contribution is -2.39. The number of unbranched alkanes of at least 4 members (excludes halogenated alkanes) is 1. The predicted octanol–water partition coefficient (Wildman–Crippen LogP) is 3.22. The average Bonchev–Trinajstić information content (AvgIpc) is 3.10. The minimum absolute atomic E-state index is 0. The molecule has 0 spiro atoms. The molecule has 25 heavy (non-hydrogen) atoms. The Balaban J connectivity index is 0.00000576. The van der Waals surface area contributed by atoms with Crippen LogP contribution in [0.25, 0.3) is 0 Å². The molecule has 0 saturated carbocycles. The molecule has 0 fully saturated rings. The molecule has 1 aromatic heterocycles. The van der Waals surface area contributed by atoms with Gasteiger partial charge in [0.05, 0.1) is 6.26 Å². The predicted molar refractivity (Wildman–Crippen MR) is 113 cm³/mol. The molecule has 7 heteroatoms. The number of halogens is 1. The Bertz CT molecular complexity index is 414. The molecular formula is C18H34IN3O3. The molecule has 0 aliphatic rings. The first kappa shape index (κ1) is 24.2. The minimum Gasteiger partial charge on any atom is -0.469 e. The van der Waals surface area contributed by atoms with E-state index in [0.717, 1.165) is 83.5 Å². The van der Waals surface area contributed by atoms with Gasteiger partial charge in [-0.15, -0.1) is 24.0 Å². The zero-order chi connectivity index (χ0) is 17.3. The number of furan rings is 1. The highest BCUT2D eigenvalue weighted by atomic mass is 127. The third-order valence-corrected chi connectivity index (χ3v) is 3.38. The Morgan fingerprint density at radius 1 is 1.04 bits per heavy atom. The molecule has 0 aliphatic heterocycles. The molecule has 2 N–H and O–H groups in total. The Kier molecular flexibility index (Phi) is 17.4. The van der Waals surface area contributed by atoms with Gasteiger partial charge < -0.3 is 24.5 Å². The Morgan fingerprint density at radius 3 is 2.44 bits per heavy atom. The Labute approximate surface area is 169 Å². The van der Waals surface area contributed by atoms with Crippen molar-refractivity contribution in [2.45, 2.75) is 39.5 Å². The number of rotatable bonds is 14. The van der Waals surface area contributed by atoms with E-state index in [0.29, 0.717) is 0 Å². The maximum absolute atomic E-state index is 5.35. The summed E-state index contributed by atoms with van der Waals surface area (Å²) in [6.45, 7) is 9.61. The molecule has 0 saturated heterocycles. The van der Waals surface area contributed by atoms with Gasteiger partial charge >= 0.3 is 0 Å². The molecule has 6 nitrogen and oxygen atoms in total. The lowest BCUT2D eigenvalue weighted by atomic mass is 10.3. The molecule has 0 aliphatic carbocycles. The molecule has 0 bridgehead atoms. The zero-order valence-electron chi connectivity index (χ0n) is 15.6. The molecule has 1 rings (SSSR count). The summed E-state index contributed by atoms with van der Waals surface area (Å²) in [5, 5.41) is 6.74. The maximum Gasteiger partial charge on any atom is 0.191 e. The second kappa shape index (κ2) is 18.0. The normalized spacial score (nSPS) is 11.2. The molecule has 1 aromatic rings. The standard InChI is InChI=1S/C18H33N3O3.HI/c1-3-22-14-6-5-11-19-18(20-12-8-15-23-4-2)21-13-10-17-9-7-16-24-17;/h7,9,16H,3-6,8,10-15H2,1-2H3,(H2,19,20,21);1H. The summed E-state index contributed by atoms with van der Waals surface area (Å²) in [5.41, 5.74) is 0. The van der Waals surface area contributed by atoms with Gasteiger partial charge in [-0.2, -0.15) is 0 Å². The molecule has 0 amide bonds. The lowest BCUT2D eigenvalue weighted by Gasteiger charge is -2.12. The van der Waals surface area contributed by atoms with Crippen LogP contribution in [0.3, 0.4) is 0 Å². The van der Waals surface area contributed by atoms with Crippen LogP contribution in [0.15, 0.2) is 27.8 Å². The van der Waals surface area contributed by atoms with E-state index in [-0.39, 0.29) is 24.0 Å². The van der Waals surface area contributed by atoms with Crippen LogP contribution in [0, 0.1) is 0 Å². The van der Waals surface area contributed by atoms with Crippen LogP contribution < -0.4 is 10.6 Å². The SMILES string of the molecule is CCOCCCCNC(=NCCCOCC)NCCc1ccco1.I. The van der Waals surface area contributed by atoms with Crippen molar-refractivity contribution in [2.75, 3.05) is 46.1 Å². The first-order chi connectivity index (χ1) is 11.9. The third kappa shape index (κ3) is 14.1. The fourth-order valence-electron chi connectivity index (χ4n) is 2.12. The number of nitrogens with one attached hydrogen (secondary N) is 2. The maximum atomic E-state index is 5.35. The van der Waals surface area contributed by atoms with Gasteiger partial charge in [-0.3, -0.25) is 4.99 Å². The van der Waals surface area contributed by atoms with E-state index in [1.54, 1.807) is 6.26 Å². The van der Waals surface area contributed by atoms with E-state index in [4.69, 9.17) is 13.9 Å². The van der Waals surface area contributed by atoms with Crippen molar-refractivity contribution in [3.05, 3.63) is 24.2 Å². The number of guanidine groups is 1. The van der Waals surface area contributed by atoms with E-state index < -0.39 is 0 Å². The molecule has 146 valence electrons. The minimum atomic E-state index is 0. The van der Waals surface area contributed by atoms with Crippen LogP contribution in [-0.4, -0.2) is 52.0 Å². The van der Waals surface area contributed by atoms with Gasteiger partial charge in [-0.1, -0.05) is 0 Å². The van der Waals surface area contributed by atoms with E-state index in [1.807, 2.05) is 26.0 Å². The van der Waals surface area contributed by atoms with Gasteiger partial charge in [-0.25, -0.2) is 0 Å². The van der Waals surface area contributed by atoms with Crippen molar-refractivity contribution in [1.82, 2.24) is 10.6 Å². The second-order valence-electron chi connectivity index (χ2n) is 5.37. The quantitative estimate of drug-likeness (QED) is 0.190. The monoisotopic (exact) mass is 467 g/mol. The lowest BCUT2D eigenvalue weighted by molar-refractivity contribution is 0.143. The first-order valence-corrected chi connectivity index (χ1v) is 9.06. The molecule has 0 aromatic carbocycles. The van der Waals surface area contributed by atoms with Crippen molar-refractivity contribution >= 4 is 29.9 Å². The van der Waals surface area contributed by atoms with Crippen LogP contribution in [-0.2, 0) is 15.9 Å². The largest absolute Gasteiger partial charge is 0.469 e. The second-order valence-corrected chi connectivity index (χ2v) is 5.37. The molecular weight excluding hydrogens is 433 g/mol. The van der Waals surface area contributed by atoms with Crippen LogP contribution in [0.1, 0.15) is 38.9 Å². The van der Waals surface area contributed by atoms with Gasteiger partial charge in [0.25, 0.3) is 0 Å². The highest BCUT2D eigenvalue weighted by molar-refractivity contribution is 14.0. The third-order valence-electron chi connectivity index (χ3n) is 3.38. The van der Waals surface area contributed by atoms with Gasteiger partial charge in [0.15, 0.2) is 5.96 Å². The van der Waals surface area contributed by atoms with Crippen LogP contribution in [0.2, 0.25) is 0 Å². The van der Waals surface area contributed by atoms with E-state index in [2.05, 4.69) is 15.6 Å². The fraction of sp³-hybridized carbons (Fsp3) is 0.722. The van der Waals surface area contributed by atoms with E-state index >= 15 is 0 Å². The summed E-state index contributed by atoms with van der Waals surface area (Å²) in [6, 6.07) is 3.90. The molecule has 0 radical (unpaired) electrons. The summed E-state index contributed by atoms with van der Waals surface area (Å²) in [6.07, 6.45) is 5.61. The number of hydrogen-bond donors (Lipinski definition) is 2. The zero-order valence-corrected chi connectivity index (χ0v) is 17.9. The summed E-state index contributed by atoms with van der Waals surface area (Å²) in [7, 11) is 0. The summed E-state index contributed by atoms with van der Waals surface area (Å²) in [4.78, 5) is 4.60. The summed E-state index contributed by atoms with van der Waals surface area (Å²) in [5.74, 6) is 1.84. The summed E-state index contributed by atoms with van der Waals surface area (Å²) < 4.78 is 16.0. The van der Waals surface area contributed by atoms with Crippen LogP contribution >= 0.6 is 24.0 Å². The van der Waals surface area contributed by atoms with Crippen molar-refractivity contribution < 1.29 is 13.9 Å². The van der Waals surface area contributed by atoms with E-state index in [9.17, 15) is 0 Å². The summed E-state index contributed by atoms with van der Waals surface area (Å²) >= 11 is 0. The smallest absolute Gasteiger partial charge is 0.191 e. The van der Waals surface area contributed by atoms with Gasteiger partial charge in [0.2, 0.25) is 0 Å². The van der Waals surface area contributed by atoms with Crippen molar-refractivity contribution in [1.29, 1.82) is 0 Å². The Morgan fingerprint density at radius 2 is 1.76 bits per heavy atom. The van der Waals surface area contributed by atoms with Gasteiger partial charge in [0, 0.05) is 52.5 Å². The van der Waals surface area contributed by atoms with Gasteiger partial charge in [0.1, 0.15) is 5.76 Å². The number of nitrogens with zero attached hydrogens (tertiary/aromatic N) is 1.